The van der Waals surface area contributed by atoms with Gasteiger partial charge in [-0.1, -0.05) is 30.3 Å². The molecule has 28 heavy (non-hydrogen) atoms. The van der Waals surface area contributed by atoms with E-state index in [1.807, 2.05) is 68.4 Å². The topological polar surface area (TPSA) is 85.9 Å². The summed E-state index contributed by atoms with van der Waals surface area (Å²) in [7, 11) is 0. The Bertz CT molecular complexity index is 1140. The van der Waals surface area contributed by atoms with Gasteiger partial charge in [0.2, 0.25) is 0 Å². The highest BCUT2D eigenvalue weighted by molar-refractivity contribution is 5.99. The molecule has 0 aliphatic carbocycles. The summed E-state index contributed by atoms with van der Waals surface area (Å²) in [5.74, 6) is 0.539. The number of hydrogen-bond acceptors (Lipinski definition) is 4. The van der Waals surface area contributed by atoms with E-state index in [4.69, 9.17) is 10.5 Å². The minimum atomic E-state index is -0.205. The molecule has 0 radical (unpaired) electrons. The lowest BCUT2D eigenvalue weighted by Gasteiger charge is -2.06. The zero-order chi connectivity index (χ0) is 19.7. The summed E-state index contributed by atoms with van der Waals surface area (Å²) in [5, 5.41) is 5.29. The molecule has 2 aromatic carbocycles. The molecular weight excluding hydrogens is 352 g/mol. The van der Waals surface area contributed by atoms with Gasteiger partial charge >= 0.3 is 0 Å². The number of hydrogen-bond donors (Lipinski definition) is 2. The Balaban J connectivity index is 1.58. The summed E-state index contributed by atoms with van der Waals surface area (Å²) in [6.07, 6.45) is 0. The number of benzene rings is 2. The minimum Gasteiger partial charge on any atom is -0.489 e. The summed E-state index contributed by atoms with van der Waals surface area (Å²) >= 11 is 0. The third-order valence-electron chi connectivity index (χ3n) is 4.91. The van der Waals surface area contributed by atoms with Crippen molar-refractivity contribution >= 4 is 16.8 Å². The SMILES string of the molecule is Cc1nn(C(=O)c2cc3ccc(OCc4ccccc4)cc3[nH]2)c(C)c1CN. The van der Waals surface area contributed by atoms with E-state index in [0.717, 1.165) is 39.2 Å². The summed E-state index contributed by atoms with van der Waals surface area (Å²) in [6.45, 7) is 4.57. The number of nitrogens with two attached hydrogens (primary N) is 1. The predicted molar refractivity (Wildman–Crippen MR) is 108 cm³/mol. The zero-order valence-electron chi connectivity index (χ0n) is 15.9. The van der Waals surface area contributed by atoms with Crippen molar-refractivity contribution in [2.45, 2.75) is 27.0 Å². The quantitative estimate of drug-likeness (QED) is 0.558. The number of aryl methyl sites for hydroxylation is 1. The van der Waals surface area contributed by atoms with E-state index < -0.39 is 0 Å². The monoisotopic (exact) mass is 374 g/mol. The number of ether oxygens (including phenoxy) is 1. The number of nitrogens with one attached hydrogen (secondary N) is 1. The van der Waals surface area contributed by atoms with Crippen molar-refractivity contribution in [2.75, 3.05) is 0 Å². The second kappa shape index (κ2) is 7.32. The van der Waals surface area contributed by atoms with Crippen LogP contribution in [0, 0.1) is 13.8 Å². The van der Waals surface area contributed by atoms with Gasteiger partial charge < -0.3 is 15.5 Å². The van der Waals surface area contributed by atoms with Crippen LogP contribution >= 0.6 is 0 Å². The highest BCUT2D eigenvalue weighted by Gasteiger charge is 2.19. The molecule has 6 nitrogen and oxygen atoms in total. The first kappa shape index (κ1) is 18.0. The van der Waals surface area contributed by atoms with Gasteiger partial charge in [0.25, 0.3) is 5.91 Å². The number of aromatic amines is 1. The molecule has 0 aliphatic heterocycles. The number of carbonyl (C=O) groups excluding carboxylic acids is 1. The van der Waals surface area contributed by atoms with Gasteiger partial charge in [-0.15, -0.1) is 0 Å². The van der Waals surface area contributed by atoms with Gasteiger partial charge in [-0.2, -0.15) is 9.78 Å². The van der Waals surface area contributed by atoms with Crippen molar-refractivity contribution < 1.29 is 9.53 Å². The Labute approximate surface area is 162 Å². The highest BCUT2D eigenvalue weighted by atomic mass is 16.5. The van der Waals surface area contributed by atoms with E-state index in [1.54, 1.807) is 0 Å². The lowest BCUT2D eigenvalue weighted by Crippen LogP contribution is -2.16. The first-order valence-corrected chi connectivity index (χ1v) is 9.16. The lowest BCUT2D eigenvalue weighted by atomic mass is 10.2. The number of rotatable bonds is 5. The Hall–Kier alpha value is -3.38. The second-order valence-electron chi connectivity index (χ2n) is 6.78. The fourth-order valence-corrected chi connectivity index (χ4v) is 3.33. The third-order valence-corrected chi connectivity index (χ3v) is 4.91. The van der Waals surface area contributed by atoms with Crippen LogP contribution in [0.5, 0.6) is 5.75 Å². The van der Waals surface area contributed by atoms with E-state index in [9.17, 15) is 4.79 Å². The number of aromatic nitrogens is 3. The van der Waals surface area contributed by atoms with Crippen molar-refractivity contribution in [1.82, 2.24) is 14.8 Å². The third kappa shape index (κ3) is 3.30. The van der Waals surface area contributed by atoms with Gasteiger partial charge in [0.1, 0.15) is 18.1 Å². The highest BCUT2D eigenvalue weighted by Crippen LogP contribution is 2.23. The Morgan fingerprint density at radius 2 is 1.93 bits per heavy atom. The first-order chi connectivity index (χ1) is 13.6. The average molecular weight is 374 g/mol. The van der Waals surface area contributed by atoms with Crippen LogP contribution in [0.4, 0.5) is 0 Å². The lowest BCUT2D eigenvalue weighted by molar-refractivity contribution is 0.0938. The molecule has 0 saturated carbocycles. The molecule has 2 aromatic heterocycles. The molecule has 6 heteroatoms. The van der Waals surface area contributed by atoms with Gasteiger partial charge in [0.15, 0.2) is 0 Å². The van der Waals surface area contributed by atoms with Gasteiger partial charge in [0.05, 0.1) is 5.69 Å². The maximum Gasteiger partial charge on any atom is 0.294 e. The summed E-state index contributed by atoms with van der Waals surface area (Å²) in [6, 6.07) is 17.6. The Morgan fingerprint density at radius 1 is 1.14 bits per heavy atom. The van der Waals surface area contributed by atoms with Crippen molar-refractivity contribution in [3.8, 4) is 5.75 Å². The summed E-state index contributed by atoms with van der Waals surface area (Å²) in [5.41, 5.74) is 10.6. The maximum atomic E-state index is 12.9. The molecule has 0 aliphatic rings. The van der Waals surface area contributed by atoms with Gasteiger partial charge in [0, 0.05) is 34.8 Å². The molecule has 142 valence electrons. The van der Waals surface area contributed by atoms with Crippen LogP contribution in [0.25, 0.3) is 10.9 Å². The number of carbonyl (C=O) groups is 1. The van der Waals surface area contributed by atoms with E-state index in [0.29, 0.717) is 18.8 Å². The smallest absolute Gasteiger partial charge is 0.294 e. The minimum absolute atomic E-state index is 0.205. The van der Waals surface area contributed by atoms with Gasteiger partial charge in [-0.05, 0) is 37.6 Å². The molecule has 0 unspecified atom stereocenters. The molecule has 0 amide bonds. The molecule has 0 atom stereocenters. The van der Waals surface area contributed by atoms with Crippen LogP contribution in [0.3, 0.4) is 0 Å². The van der Waals surface area contributed by atoms with E-state index >= 15 is 0 Å². The fraction of sp³-hybridized carbons (Fsp3) is 0.182. The van der Waals surface area contributed by atoms with Crippen LogP contribution in [-0.4, -0.2) is 20.7 Å². The van der Waals surface area contributed by atoms with Gasteiger partial charge in [-0.3, -0.25) is 4.79 Å². The van der Waals surface area contributed by atoms with E-state index in [-0.39, 0.29) is 5.91 Å². The number of fused-ring (bicyclic) bond motifs is 1. The van der Waals surface area contributed by atoms with Crippen molar-refractivity contribution in [3.05, 3.63) is 82.8 Å². The van der Waals surface area contributed by atoms with Crippen LogP contribution in [-0.2, 0) is 13.2 Å². The second-order valence-corrected chi connectivity index (χ2v) is 6.78. The summed E-state index contributed by atoms with van der Waals surface area (Å²) in [4.78, 5) is 16.1. The maximum absolute atomic E-state index is 12.9. The van der Waals surface area contributed by atoms with E-state index in [2.05, 4.69) is 10.1 Å². The van der Waals surface area contributed by atoms with Crippen molar-refractivity contribution in [3.63, 3.8) is 0 Å². The molecule has 4 aromatic rings. The molecule has 4 rings (SSSR count). The van der Waals surface area contributed by atoms with Crippen LogP contribution < -0.4 is 10.5 Å². The normalized spacial score (nSPS) is 11.1. The standard InChI is InChI=1S/C22H22N4O2/c1-14-19(12-23)15(2)26(25-14)22(27)21-10-17-8-9-18(11-20(17)24-21)28-13-16-6-4-3-5-7-16/h3-11,24H,12-13,23H2,1-2H3. The number of H-pyrrole nitrogens is 1. The van der Waals surface area contributed by atoms with Crippen LogP contribution in [0.15, 0.2) is 54.6 Å². The van der Waals surface area contributed by atoms with Crippen molar-refractivity contribution in [2.24, 2.45) is 5.73 Å². The molecule has 0 fully saturated rings. The van der Waals surface area contributed by atoms with Crippen LogP contribution in [0.2, 0.25) is 0 Å². The largest absolute Gasteiger partial charge is 0.489 e. The predicted octanol–water partition coefficient (Wildman–Crippen LogP) is 3.71. The molecular formula is C22H22N4O2. The fourth-order valence-electron chi connectivity index (χ4n) is 3.33. The first-order valence-electron chi connectivity index (χ1n) is 9.16. The summed E-state index contributed by atoms with van der Waals surface area (Å²) < 4.78 is 7.28. The van der Waals surface area contributed by atoms with E-state index in [1.165, 1.54) is 4.68 Å². The van der Waals surface area contributed by atoms with Crippen LogP contribution in [0.1, 0.15) is 33.0 Å². The molecule has 0 saturated heterocycles. The Morgan fingerprint density at radius 3 is 2.64 bits per heavy atom. The van der Waals surface area contributed by atoms with Gasteiger partial charge in [-0.25, -0.2) is 0 Å². The Kier molecular flexibility index (Phi) is 4.71. The molecule has 0 bridgehead atoms. The number of nitrogens with zero attached hydrogens (tertiary/aromatic N) is 2. The van der Waals surface area contributed by atoms with Crippen molar-refractivity contribution in [1.29, 1.82) is 0 Å². The zero-order valence-corrected chi connectivity index (χ0v) is 15.9. The molecule has 0 spiro atoms. The average Bonchev–Trinajstić information content (AvgIpc) is 3.26. The molecule has 3 N–H and O–H groups in total. The molecule has 2 heterocycles.